The third-order valence-electron chi connectivity index (χ3n) is 4.59. The van der Waals surface area contributed by atoms with Crippen LogP contribution in [0, 0.1) is 0 Å². The number of rotatable bonds is 7. The van der Waals surface area contributed by atoms with E-state index < -0.39 is 23.1 Å². The molecule has 0 spiro atoms. The highest BCUT2D eigenvalue weighted by atomic mass is 19.4. The Morgan fingerprint density at radius 2 is 1.54 bits per heavy atom. The highest BCUT2D eigenvalue weighted by Crippen LogP contribution is 2.31. The third-order valence-corrected chi connectivity index (χ3v) is 4.59. The lowest BCUT2D eigenvalue weighted by Gasteiger charge is -2.26. The molecule has 2 rings (SSSR count). The van der Waals surface area contributed by atoms with Gasteiger partial charge in [-0.1, -0.05) is 44.2 Å². The molecule has 0 bridgehead atoms. The number of aryl methyl sites for hydroxylation is 1. The molecule has 150 valence electrons. The zero-order valence-corrected chi connectivity index (χ0v) is 15.6. The highest BCUT2D eigenvalue weighted by Gasteiger charge is 2.31. The minimum Gasteiger partial charge on any atom is -0.478 e. The van der Waals surface area contributed by atoms with Crippen molar-refractivity contribution in [2.24, 2.45) is 0 Å². The minimum absolute atomic E-state index is 0.118. The predicted octanol–water partition coefficient (Wildman–Crippen LogP) is 4.43. The maximum absolute atomic E-state index is 12.7. The van der Waals surface area contributed by atoms with Crippen molar-refractivity contribution in [1.82, 2.24) is 5.32 Å². The molecule has 0 heterocycles. The second kappa shape index (κ2) is 8.46. The van der Waals surface area contributed by atoms with Gasteiger partial charge in [-0.25, -0.2) is 4.79 Å². The maximum Gasteiger partial charge on any atom is 0.416 e. The van der Waals surface area contributed by atoms with Gasteiger partial charge in [0.15, 0.2) is 0 Å². The van der Waals surface area contributed by atoms with Crippen LogP contribution in [0.15, 0.2) is 48.5 Å². The molecule has 0 aliphatic carbocycles. The minimum atomic E-state index is -4.39. The fourth-order valence-corrected chi connectivity index (χ4v) is 2.82. The first-order chi connectivity index (χ1) is 13.0. The Hall–Kier alpha value is -2.83. The van der Waals surface area contributed by atoms with Gasteiger partial charge < -0.3 is 10.4 Å². The Morgan fingerprint density at radius 3 is 2.11 bits per heavy atom. The molecule has 0 atom stereocenters. The number of carbonyl (C=O) groups excluding carboxylic acids is 1. The molecule has 0 aliphatic rings. The monoisotopic (exact) mass is 393 g/mol. The molecule has 0 aliphatic heterocycles. The number of hydrogen-bond donors (Lipinski definition) is 2. The highest BCUT2D eigenvalue weighted by molar-refractivity contribution is 5.89. The van der Waals surface area contributed by atoms with E-state index in [1.165, 1.54) is 18.2 Å². The summed E-state index contributed by atoms with van der Waals surface area (Å²) in [7, 11) is 0. The van der Waals surface area contributed by atoms with E-state index in [-0.39, 0.29) is 30.9 Å². The van der Waals surface area contributed by atoms with Crippen molar-refractivity contribution < 1.29 is 27.9 Å². The number of hydrogen-bond acceptors (Lipinski definition) is 2. The van der Waals surface area contributed by atoms with Crippen molar-refractivity contribution in [3.63, 3.8) is 0 Å². The Balaban J connectivity index is 1.93. The average Bonchev–Trinajstić information content (AvgIpc) is 2.64. The second-order valence-corrected chi connectivity index (χ2v) is 7.20. The van der Waals surface area contributed by atoms with Gasteiger partial charge in [0.05, 0.1) is 11.1 Å². The molecule has 0 unspecified atom stereocenters. The number of nitrogens with one attached hydrogen (secondary N) is 1. The standard InChI is InChI=1S/C21H22F3NO3/c1-20(2,15-8-10-16(11-9-15)21(22,23)24)13-25-18(26)12-7-14-5-3-4-6-17(14)19(27)28/h3-6,8-11H,7,12-13H2,1-2H3,(H,25,26)(H,27,28). The number of benzene rings is 2. The number of amides is 1. The molecule has 7 heteroatoms. The molecule has 2 N–H and O–H groups in total. The first kappa shape index (κ1) is 21.5. The molecule has 28 heavy (non-hydrogen) atoms. The molecular formula is C21H22F3NO3. The lowest BCUT2D eigenvalue weighted by molar-refractivity contribution is -0.137. The van der Waals surface area contributed by atoms with Crippen LogP contribution in [0.1, 0.15) is 47.3 Å². The first-order valence-corrected chi connectivity index (χ1v) is 8.76. The molecule has 2 aromatic carbocycles. The van der Waals surface area contributed by atoms with Crippen LogP contribution in [0.4, 0.5) is 13.2 Å². The van der Waals surface area contributed by atoms with Gasteiger partial charge in [0.1, 0.15) is 0 Å². The van der Waals surface area contributed by atoms with E-state index in [2.05, 4.69) is 5.32 Å². The lowest BCUT2D eigenvalue weighted by Crippen LogP contribution is -2.36. The smallest absolute Gasteiger partial charge is 0.416 e. The Bertz CT molecular complexity index is 843. The summed E-state index contributed by atoms with van der Waals surface area (Å²) >= 11 is 0. The van der Waals surface area contributed by atoms with Crippen LogP contribution in [0.3, 0.4) is 0 Å². The number of aromatic carboxylic acids is 1. The van der Waals surface area contributed by atoms with E-state index in [9.17, 15) is 22.8 Å². The van der Waals surface area contributed by atoms with Gasteiger partial charge in [-0.2, -0.15) is 13.2 Å². The Kier molecular flexibility index (Phi) is 6.48. The predicted molar refractivity (Wildman–Crippen MR) is 99.2 cm³/mol. The molecule has 4 nitrogen and oxygen atoms in total. The van der Waals surface area contributed by atoms with Crippen molar-refractivity contribution in [1.29, 1.82) is 0 Å². The maximum atomic E-state index is 12.7. The quantitative estimate of drug-likeness (QED) is 0.731. The van der Waals surface area contributed by atoms with Gasteiger partial charge in [0.25, 0.3) is 0 Å². The van der Waals surface area contributed by atoms with E-state index in [1.807, 2.05) is 13.8 Å². The van der Waals surface area contributed by atoms with Crippen molar-refractivity contribution in [3.05, 3.63) is 70.8 Å². The summed E-state index contributed by atoms with van der Waals surface area (Å²) in [6, 6.07) is 11.4. The second-order valence-electron chi connectivity index (χ2n) is 7.20. The van der Waals surface area contributed by atoms with Crippen LogP contribution in [-0.2, 0) is 22.8 Å². The molecular weight excluding hydrogens is 371 g/mol. The summed E-state index contributed by atoms with van der Waals surface area (Å²) in [5, 5.41) is 11.9. The topological polar surface area (TPSA) is 66.4 Å². The zero-order valence-electron chi connectivity index (χ0n) is 15.6. The van der Waals surface area contributed by atoms with E-state index in [0.717, 1.165) is 12.1 Å². The molecule has 2 aromatic rings. The van der Waals surface area contributed by atoms with E-state index in [0.29, 0.717) is 11.1 Å². The average molecular weight is 393 g/mol. The summed E-state index contributed by atoms with van der Waals surface area (Å²) in [5.74, 6) is -1.29. The van der Waals surface area contributed by atoms with Crippen molar-refractivity contribution >= 4 is 11.9 Å². The van der Waals surface area contributed by atoms with Crippen LogP contribution >= 0.6 is 0 Å². The molecule has 0 saturated heterocycles. The Morgan fingerprint density at radius 1 is 0.964 bits per heavy atom. The zero-order chi connectivity index (χ0) is 20.9. The van der Waals surface area contributed by atoms with Gasteiger partial charge in [0, 0.05) is 18.4 Å². The van der Waals surface area contributed by atoms with E-state index in [4.69, 9.17) is 5.11 Å². The molecule has 0 aromatic heterocycles. The summed E-state index contributed by atoms with van der Waals surface area (Å²) in [6.45, 7) is 3.91. The number of alkyl halides is 3. The number of carboxylic acid groups (broad SMARTS) is 1. The molecule has 0 saturated carbocycles. The summed E-state index contributed by atoms with van der Waals surface area (Å²) < 4.78 is 38.0. The normalized spacial score (nSPS) is 11.9. The summed E-state index contributed by atoms with van der Waals surface area (Å²) in [6.07, 6.45) is -3.98. The number of carbonyl (C=O) groups is 2. The van der Waals surface area contributed by atoms with Crippen molar-refractivity contribution in [2.75, 3.05) is 6.54 Å². The number of halogens is 3. The van der Waals surface area contributed by atoms with Crippen LogP contribution in [0.25, 0.3) is 0 Å². The van der Waals surface area contributed by atoms with Crippen molar-refractivity contribution in [3.8, 4) is 0 Å². The molecule has 0 radical (unpaired) electrons. The van der Waals surface area contributed by atoms with E-state index >= 15 is 0 Å². The molecule has 1 amide bonds. The van der Waals surface area contributed by atoms with Crippen LogP contribution in [0.2, 0.25) is 0 Å². The van der Waals surface area contributed by atoms with Crippen LogP contribution < -0.4 is 5.32 Å². The van der Waals surface area contributed by atoms with Crippen LogP contribution in [0.5, 0.6) is 0 Å². The van der Waals surface area contributed by atoms with Gasteiger partial charge in [-0.3, -0.25) is 4.79 Å². The fourth-order valence-electron chi connectivity index (χ4n) is 2.82. The lowest BCUT2D eigenvalue weighted by atomic mass is 9.84. The van der Waals surface area contributed by atoms with Gasteiger partial charge in [-0.15, -0.1) is 0 Å². The van der Waals surface area contributed by atoms with Gasteiger partial charge >= 0.3 is 12.1 Å². The summed E-state index contributed by atoms with van der Waals surface area (Å²) in [5.41, 5.74) is 0.149. The summed E-state index contributed by atoms with van der Waals surface area (Å²) in [4.78, 5) is 23.3. The third kappa shape index (κ3) is 5.58. The SMILES string of the molecule is CC(C)(CNC(=O)CCc1ccccc1C(=O)O)c1ccc(C(F)(F)F)cc1. The van der Waals surface area contributed by atoms with Crippen molar-refractivity contribution in [2.45, 2.75) is 38.3 Å². The largest absolute Gasteiger partial charge is 0.478 e. The molecule has 0 fully saturated rings. The van der Waals surface area contributed by atoms with Crippen LogP contribution in [-0.4, -0.2) is 23.5 Å². The van der Waals surface area contributed by atoms with Gasteiger partial charge in [-0.05, 0) is 35.7 Å². The first-order valence-electron chi connectivity index (χ1n) is 8.76. The Labute approximate surface area is 161 Å². The number of carboxylic acids is 1. The van der Waals surface area contributed by atoms with E-state index in [1.54, 1.807) is 18.2 Å². The van der Waals surface area contributed by atoms with Gasteiger partial charge in [0.2, 0.25) is 5.91 Å². The fraction of sp³-hybridized carbons (Fsp3) is 0.333.